The van der Waals surface area contributed by atoms with Gasteiger partial charge in [0, 0.05) is 12.0 Å². The SMILES string of the molecule is CCCc1ccc(/C=C/c2ccc(CC(F)c3ccccc3)cc2F)cc1. The third kappa shape index (κ3) is 5.37. The fraction of sp³-hybridized carbons (Fsp3) is 0.200. The summed E-state index contributed by atoms with van der Waals surface area (Å²) in [7, 11) is 0. The van der Waals surface area contributed by atoms with Crippen molar-refractivity contribution in [3.8, 4) is 0 Å². The molecular weight excluding hydrogens is 338 g/mol. The van der Waals surface area contributed by atoms with Crippen LogP contribution in [0.2, 0.25) is 0 Å². The second-order valence-electron chi connectivity index (χ2n) is 6.76. The molecule has 27 heavy (non-hydrogen) atoms. The molecular formula is C25H24F2. The molecule has 0 saturated carbocycles. The fourth-order valence-corrected chi connectivity index (χ4v) is 3.09. The molecule has 0 heterocycles. The molecule has 0 aliphatic heterocycles. The van der Waals surface area contributed by atoms with Crippen molar-refractivity contribution < 1.29 is 8.78 Å². The van der Waals surface area contributed by atoms with E-state index < -0.39 is 6.17 Å². The first-order chi connectivity index (χ1) is 13.2. The molecule has 3 aromatic rings. The van der Waals surface area contributed by atoms with Crippen LogP contribution in [0, 0.1) is 5.82 Å². The van der Waals surface area contributed by atoms with Gasteiger partial charge in [-0.25, -0.2) is 8.78 Å². The Labute approximate surface area is 160 Å². The smallest absolute Gasteiger partial charge is 0.130 e. The molecule has 0 fully saturated rings. The van der Waals surface area contributed by atoms with Gasteiger partial charge >= 0.3 is 0 Å². The van der Waals surface area contributed by atoms with Crippen LogP contribution in [0.4, 0.5) is 8.78 Å². The Morgan fingerprint density at radius 3 is 2.22 bits per heavy atom. The first kappa shape index (κ1) is 19.0. The highest BCUT2D eigenvalue weighted by Crippen LogP contribution is 2.23. The van der Waals surface area contributed by atoms with E-state index in [1.807, 2.05) is 36.4 Å². The maximum atomic E-state index is 14.4. The Morgan fingerprint density at radius 1 is 0.852 bits per heavy atom. The molecule has 3 rings (SSSR count). The molecule has 0 amide bonds. The van der Waals surface area contributed by atoms with E-state index in [1.54, 1.807) is 30.3 Å². The minimum absolute atomic E-state index is 0.170. The van der Waals surface area contributed by atoms with Gasteiger partial charge in [-0.3, -0.25) is 0 Å². The summed E-state index contributed by atoms with van der Waals surface area (Å²) in [5.74, 6) is -0.327. The zero-order chi connectivity index (χ0) is 19.1. The molecule has 0 aromatic heterocycles. The number of hydrogen-bond acceptors (Lipinski definition) is 0. The van der Waals surface area contributed by atoms with Gasteiger partial charge in [-0.05, 0) is 34.7 Å². The van der Waals surface area contributed by atoms with Gasteiger partial charge in [0.25, 0.3) is 0 Å². The van der Waals surface area contributed by atoms with Gasteiger partial charge in [-0.15, -0.1) is 0 Å². The summed E-state index contributed by atoms with van der Waals surface area (Å²) in [5, 5.41) is 0. The van der Waals surface area contributed by atoms with Crippen molar-refractivity contribution in [1.29, 1.82) is 0 Å². The van der Waals surface area contributed by atoms with Crippen LogP contribution < -0.4 is 0 Å². The van der Waals surface area contributed by atoms with E-state index in [0.717, 1.165) is 18.4 Å². The molecule has 138 valence electrons. The highest BCUT2D eigenvalue weighted by atomic mass is 19.1. The predicted octanol–water partition coefficient (Wildman–Crippen LogP) is 7.20. The van der Waals surface area contributed by atoms with Gasteiger partial charge < -0.3 is 0 Å². The van der Waals surface area contributed by atoms with Crippen LogP contribution in [0.5, 0.6) is 0 Å². The normalized spacial score (nSPS) is 12.4. The van der Waals surface area contributed by atoms with Crippen LogP contribution >= 0.6 is 0 Å². The minimum atomic E-state index is -1.13. The van der Waals surface area contributed by atoms with Gasteiger partial charge in [0.2, 0.25) is 0 Å². The fourth-order valence-electron chi connectivity index (χ4n) is 3.09. The van der Waals surface area contributed by atoms with Crippen LogP contribution in [0.15, 0.2) is 72.8 Å². The van der Waals surface area contributed by atoms with Crippen LogP contribution in [0.3, 0.4) is 0 Å². The van der Waals surface area contributed by atoms with E-state index in [2.05, 4.69) is 19.1 Å². The summed E-state index contributed by atoms with van der Waals surface area (Å²) in [6.45, 7) is 2.16. The molecule has 3 aromatic carbocycles. The summed E-state index contributed by atoms with van der Waals surface area (Å²) < 4.78 is 28.8. The van der Waals surface area contributed by atoms with Crippen molar-refractivity contribution in [3.63, 3.8) is 0 Å². The Bertz CT molecular complexity index is 880. The van der Waals surface area contributed by atoms with Crippen molar-refractivity contribution >= 4 is 12.2 Å². The number of hydrogen-bond donors (Lipinski definition) is 0. The molecule has 0 saturated heterocycles. The summed E-state index contributed by atoms with van der Waals surface area (Å²) in [6, 6.07) is 22.2. The maximum absolute atomic E-state index is 14.4. The second kappa shape index (κ2) is 9.27. The first-order valence-corrected chi connectivity index (χ1v) is 9.40. The Kier molecular flexibility index (Phi) is 6.54. The lowest BCUT2D eigenvalue weighted by Gasteiger charge is -2.09. The Hall–Kier alpha value is -2.74. The topological polar surface area (TPSA) is 0 Å². The Morgan fingerprint density at radius 2 is 1.56 bits per heavy atom. The molecule has 0 aliphatic rings. The highest BCUT2D eigenvalue weighted by Gasteiger charge is 2.11. The zero-order valence-corrected chi connectivity index (χ0v) is 15.5. The number of benzene rings is 3. The van der Waals surface area contributed by atoms with E-state index in [1.165, 1.54) is 11.6 Å². The third-order valence-electron chi connectivity index (χ3n) is 4.61. The molecule has 0 aliphatic carbocycles. The molecule has 1 atom stereocenters. The molecule has 0 radical (unpaired) electrons. The quantitative estimate of drug-likeness (QED) is 0.390. The molecule has 0 spiro atoms. The van der Waals surface area contributed by atoms with Crippen LogP contribution in [-0.4, -0.2) is 0 Å². The maximum Gasteiger partial charge on any atom is 0.130 e. The summed E-state index contributed by atoms with van der Waals surface area (Å²) in [5.41, 5.74) is 4.13. The van der Waals surface area contributed by atoms with Gasteiger partial charge in [0.1, 0.15) is 12.0 Å². The summed E-state index contributed by atoms with van der Waals surface area (Å²) in [6.07, 6.45) is 4.89. The lowest BCUT2D eigenvalue weighted by Crippen LogP contribution is -1.98. The molecule has 2 heteroatoms. The van der Waals surface area contributed by atoms with Crippen molar-refractivity contribution in [3.05, 3.63) is 106 Å². The average molecular weight is 362 g/mol. The summed E-state index contributed by atoms with van der Waals surface area (Å²) >= 11 is 0. The molecule has 0 bridgehead atoms. The van der Waals surface area contributed by atoms with Crippen molar-refractivity contribution in [2.45, 2.75) is 32.4 Å². The van der Waals surface area contributed by atoms with Gasteiger partial charge in [-0.1, -0.05) is 92.2 Å². The second-order valence-corrected chi connectivity index (χ2v) is 6.76. The van der Waals surface area contributed by atoms with Crippen molar-refractivity contribution in [2.24, 2.45) is 0 Å². The molecule has 1 unspecified atom stereocenters. The standard InChI is InChI=1S/C25H24F2/c1-2-6-19-9-11-20(12-10-19)13-15-23-16-14-21(18-25(23)27)17-24(26)22-7-4-3-5-8-22/h3-5,7-16,18,24H,2,6,17H2,1H3/b15-13+. The summed E-state index contributed by atoms with van der Waals surface area (Å²) in [4.78, 5) is 0. The number of rotatable bonds is 7. The highest BCUT2D eigenvalue weighted by molar-refractivity contribution is 5.70. The van der Waals surface area contributed by atoms with Crippen LogP contribution in [0.1, 0.15) is 47.3 Å². The van der Waals surface area contributed by atoms with Crippen molar-refractivity contribution in [2.75, 3.05) is 0 Å². The van der Waals surface area contributed by atoms with Gasteiger partial charge in [-0.2, -0.15) is 0 Å². The third-order valence-corrected chi connectivity index (χ3v) is 4.61. The minimum Gasteiger partial charge on any atom is -0.242 e. The first-order valence-electron chi connectivity index (χ1n) is 9.40. The van der Waals surface area contributed by atoms with Crippen LogP contribution in [0.25, 0.3) is 12.2 Å². The monoisotopic (exact) mass is 362 g/mol. The van der Waals surface area contributed by atoms with E-state index >= 15 is 0 Å². The molecule has 0 N–H and O–H groups in total. The largest absolute Gasteiger partial charge is 0.242 e. The average Bonchev–Trinajstić information content (AvgIpc) is 2.69. The zero-order valence-electron chi connectivity index (χ0n) is 15.5. The Balaban J connectivity index is 1.67. The van der Waals surface area contributed by atoms with Gasteiger partial charge in [0.15, 0.2) is 0 Å². The number of alkyl halides is 1. The van der Waals surface area contributed by atoms with Gasteiger partial charge in [0.05, 0.1) is 0 Å². The lowest BCUT2D eigenvalue weighted by atomic mass is 10.0. The van der Waals surface area contributed by atoms with E-state index in [0.29, 0.717) is 16.7 Å². The van der Waals surface area contributed by atoms with Crippen molar-refractivity contribution in [1.82, 2.24) is 0 Å². The van der Waals surface area contributed by atoms with E-state index in [4.69, 9.17) is 0 Å². The lowest BCUT2D eigenvalue weighted by molar-refractivity contribution is 0.342. The predicted molar refractivity (Wildman–Crippen MR) is 110 cm³/mol. The number of aryl methyl sites for hydroxylation is 1. The van der Waals surface area contributed by atoms with E-state index in [9.17, 15) is 8.78 Å². The number of halogens is 2. The van der Waals surface area contributed by atoms with E-state index in [-0.39, 0.29) is 12.2 Å². The molecule has 0 nitrogen and oxygen atoms in total. The van der Waals surface area contributed by atoms with Crippen LogP contribution in [-0.2, 0) is 12.8 Å².